The molecule has 0 heterocycles. The van der Waals surface area contributed by atoms with Gasteiger partial charge in [0.25, 0.3) is 0 Å². The lowest BCUT2D eigenvalue weighted by atomic mass is 10.3. The van der Waals surface area contributed by atoms with Crippen LogP contribution in [0.25, 0.3) is 0 Å². The molecule has 0 spiro atoms. The Hall–Kier alpha value is -0.760. The van der Waals surface area contributed by atoms with Gasteiger partial charge in [0.15, 0.2) is 0 Å². The summed E-state index contributed by atoms with van der Waals surface area (Å²) >= 11 is 0. The van der Waals surface area contributed by atoms with Crippen LogP contribution in [0.3, 0.4) is 0 Å². The number of allylic oxidation sites excluding steroid dienone is 1. The van der Waals surface area contributed by atoms with Crippen molar-refractivity contribution in [1.29, 1.82) is 0 Å². The molecular weight excluding hydrogens is 138 g/mol. The summed E-state index contributed by atoms with van der Waals surface area (Å²) in [6.07, 6.45) is 1.99. The molecule has 0 bridgehead atoms. The number of ether oxygens (including phenoxy) is 1. The summed E-state index contributed by atoms with van der Waals surface area (Å²) < 4.78 is 5.26. The molecule has 2 nitrogen and oxygen atoms in total. The fourth-order valence-electron chi connectivity index (χ4n) is 0.565. The van der Waals surface area contributed by atoms with Gasteiger partial charge in [-0.05, 0) is 31.9 Å². The van der Waals surface area contributed by atoms with Crippen molar-refractivity contribution in [2.45, 2.75) is 19.8 Å². The predicted octanol–water partition coefficient (Wildman–Crippen LogP) is 1.83. The van der Waals surface area contributed by atoms with Crippen LogP contribution in [-0.4, -0.2) is 13.2 Å². The Kier molecular flexibility index (Phi) is 5.57. The molecule has 2 heteroatoms. The van der Waals surface area contributed by atoms with Crippen LogP contribution in [0.5, 0.6) is 0 Å². The first-order valence-corrected chi connectivity index (χ1v) is 3.86. The van der Waals surface area contributed by atoms with Crippen molar-refractivity contribution in [3.8, 4) is 0 Å². The largest absolute Gasteiger partial charge is 0.494 e. The lowest BCUT2D eigenvalue weighted by molar-refractivity contribution is 0.216. The Morgan fingerprint density at radius 3 is 2.45 bits per heavy atom. The zero-order valence-corrected chi connectivity index (χ0v) is 7.23. The van der Waals surface area contributed by atoms with E-state index in [1.165, 1.54) is 0 Å². The number of nitrogens with two attached hydrogens (primary N) is 1. The first-order valence-electron chi connectivity index (χ1n) is 3.86. The average molecular weight is 155 g/mol. The van der Waals surface area contributed by atoms with Gasteiger partial charge in [-0.15, -0.1) is 0 Å². The van der Waals surface area contributed by atoms with E-state index < -0.39 is 0 Å². The molecule has 0 amide bonds. The fraction of sp³-hybridized carbons (Fsp3) is 0.556. The summed E-state index contributed by atoms with van der Waals surface area (Å²) in [5.74, 6) is 0.682. The van der Waals surface area contributed by atoms with Gasteiger partial charge in [0.1, 0.15) is 5.76 Å². The van der Waals surface area contributed by atoms with Gasteiger partial charge in [0.2, 0.25) is 0 Å². The van der Waals surface area contributed by atoms with Crippen LogP contribution in [-0.2, 0) is 4.74 Å². The summed E-state index contributed by atoms with van der Waals surface area (Å²) in [4.78, 5) is 0. The van der Waals surface area contributed by atoms with E-state index in [0.717, 1.165) is 25.0 Å². The maximum absolute atomic E-state index is 5.31. The Morgan fingerprint density at radius 2 is 2.00 bits per heavy atom. The quantitative estimate of drug-likeness (QED) is 0.361. The molecule has 0 saturated carbocycles. The van der Waals surface area contributed by atoms with E-state index in [4.69, 9.17) is 10.5 Å². The van der Waals surface area contributed by atoms with Gasteiger partial charge in [-0.2, -0.15) is 0 Å². The molecule has 0 aromatic rings. The van der Waals surface area contributed by atoms with Crippen LogP contribution >= 0.6 is 0 Å². The molecule has 0 rings (SSSR count). The smallest absolute Gasteiger partial charge is 0.114 e. The Balaban J connectivity index is 3.25. The average Bonchev–Trinajstić information content (AvgIpc) is 1.97. The highest BCUT2D eigenvalue weighted by molar-refractivity contribution is 5.15. The van der Waals surface area contributed by atoms with Gasteiger partial charge in [-0.1, -0.05) is 13.2 Å². The third kappa shape index (κ3) is 5.67. The van der Waals surface area contributed by atoms with E-state index in [1.807, 2.05) is 6.92 Å². The van der Waals surface area contributed by atoms with E-state index >= 15 is 0 Å². The van der Waals surface area contributed by atoms with Crippen molar-refractivity contribution in [2.75, 3.05) is 13.2 Å². The van der Waals surface area contributed by atoms with E-state index in [2.05, 4.69) is 13.2 Å². The Morgan fingerprint density at radius 1 is 1.36 bits per heavy atom. The first-order chi connectivity index (χ1) is 5.18. The van der Waals surface area contributed by atoms with E-state index in [0.29, 0.717) is 12.4 Å². The maximum atomic E-state index is 5.31. The van der Waals surface area contributed by atoms with Crippen LogP contribution < -0.4 is 5.73 Å². The SMILES string of the molecule is C=C(C)C(=C)OCCCCN. The second-order valence-electron chi connectivity index (χ2n) is 2.55. The molecular formula is C9H17NO. The van der Waals surface area contributed by atoms with Crippen molar-refractivity contribution in [2.24, 2.45) is 5.73 Å². The lowest BCUT2D eigenvalue weighted by Gasteiger charge is -2.07. The highest BCUT2D eigenvalue weighted by Crippen LogP contribution is 2.05. The third-order valence-corrected chi connectivity index (χ3v) is 1.35. The molecule has 2 N–H and O–H groups in total. The number of hydrogen-bond acceptors (Lipinski definition) is 2. The fourth-order valence-corrected chi connectivity index (χ4v) is 0.565. The highest BCUT2D eigenvalue weighted by Gasteiger charge is 1.93. The monoisotopic (exact) mass is 155 g/mol. The second-order valence-corrected chi connectivity index (χ2v) is 2.55. The standard InChI is InChI=1S/C9H17NO/c1-8(2)9(3)11-7-5-4-6-10/h1,3-7,10H2,2H3. The molecule has 0 aromatic heterocycles. The summed E-state index contributed by atoms with van der Waals surface area (Å²) in [6, 6.07) is 0. The molecule has 64 valence electrons. The first kappa shape index (κ1) is 10.2. The summed E-state index contributed by atoms with van der Waals surface area (Å²) in [7, 11) is 0. The topological polar surface area (TPSA) is 35.2 Å². The zero-order valence-electron chi connectivity index (χ0n) is 7.23. The molecule has 0 aromatic carbocycles. The molecule has 0 saturated heterocycles. The van der Waals surface area contributed by atoms with Gasteiger partial charge in [-0.25, -0.2) is 0 Å². The van der Waals surface area contributed by atoms with Crippen LogP contribution in [0.4, 0.5) is 0 Å². The normalized spacial score (nSPS) is 9.27. The molecule has 0 radical (unpaired) electrons. The minimum atomic E-state index is 0.682. The van der Waals surface area contributed by atoms with Crippen LogP contribution in [0, 0.1) is 0 Å². The summed E-state index contributed by atoms with van der Waals surface area (Å²) in [5, 5.41) is 0. The van der Waals surface area contributed by atoms with Crippen LogP contribution in [0.15, 0.2) is 24.5 Å². The van der Waals surface area contributed by atoms with Crippen molar-refractivity contribution >= 4 is 0 Å². The number of hydrogen-bond donors (Lipinski definition) is 1. The molecule has 0 unspecified atom stereocenters. The Labute approximate surface area is 68.7 Å². The predicted molar refractivity (Wildman–Crippen MR) is 48.2 cm³/mol. The van der Waals surface area contributed by atoms with Gasteiger partial charge in [0.05, 0.1) is 6.61 Å². The van der Waals surface area contributed by atoms with Crippen molar-refractivity contribution < 1.29 is 4.74 Å². The van der Waals surface area contributed by atoms with Gasteiger partial charge in [-0.3, -0.25) is 0 Å². The summed E-state index contributed by atoms with van der Waals surface area (Å²) in [5.41, 5.74) is 6.20. The van der Waals surface area contributed by atoms with Crippen LogP contribution in [0.2, 0.25) is 0 Å². The van der Waals surface area contributed by atoms with Crippen LogP contribution in [0.1, 0.15) is 19.8 Å². The van der Waals surface area contributed by atoms with Gasteiger partial charge in [0, 0.05) is 0 Å². The minimum Gasteiger partial charge on any atom is -0.494 e. The van der Waals surface area contributed by atoms with E-state index in [9.17, 15) is 0 Å². The molecule has 0 aliphatic heterocycles. The molecule has 0 fully saturated rings. The zero-order chi connectivity index (χ0) is 8.69. The molecule has 0 aliphatic rings. The highest BCUT2D eigenvalue weighted by atomic mass is 16.5. The third-order valence-electron chi connectivity index (χ3n) is 1.35. The van der Waals surface area contributed by atoms with Crippen molar-refractivity contribution in [3.05, 3.63) is 24.5 Å². The van der Waals surface area contributed by atoms with Crippen molar-refractivity contribution in [1.82, 2.24) is 0 Å². The lowest BCUT2D eigenvalue weighted by Crippen LogP contribution is -2.01. The molecule has 0 aliphatic carbocycles. The summed E-state index contributed by atoms with van der Waals surface area (Å²) in [6.45, 7) is 10.7. The maximum Gasteiger partial charge on any atom is 0.114 e. The van der Waals surface area contributed by atoms with Gasteiger partial charge < -0.3 is 10.5 Å². The molecule has 0 atom stereocenters. The Bertz CT molecular complexity index is 140. The van der Waals surface area contributed by atoms with E-state index in [-0.39, 0.29) is 0 Å². The number of unbranched alkanes of at least 4 members (excludes halogenated alkanes) is 1. The second kappa shape index (κ2) is 5.98. The minimum absolute atomic E-state index is 0.682. The number of rotatable bonds is 6. The van der Waals surface area contributed by atoms with E-state index in [1.54, 1.807) is 0 Å². The molecule has 11 heavy (non-hydrogen) atoms. The van der Waals surface area contributed by atoms with Crippen molar-refractivity contribution in [3.63, 3.8) is 0 Å². The van der Waals surface area contributed by atoms with Gasteiger partial charge >= 0.3 is 0 Å².